The van der Waals surface area contributed by atoms with Crippen molar-refractivity contribution in [3.63, 3.8) is 0 Å². The third-order valence-corrected chi connectivity index (χ3v) is 6.08. The van der Waals surface area contributed by atoms with Crippen molar-refractivity contribution in [3.05, 3.63) is 100 Å². The molecule has 8 heteroatoms. The number of carbonyl (C=O) groups is 2. The Bertz CT molecular complexity index is 1270. The van der Waals surface area contributed by atoms with Gasteiger partial charge in [-0.1, -0.05) is 30.3 Å². The van der Waals surface area contributed by atoms with Crippen LogP contribution in [-0.4, -0.2) is 33.6 Å². The second kappa shape index (κ2) is 10.4. The Morgan fingerprint density at radius 1 is 1.09 bits per heavy atom. The molecular formula is C26H21FN2O4S. The first-order valence-corrected chi connectivity index (χ1v) is 11.4. The lowest BCUT2D eigenvalue weighted by atomic mass is 10.2. The average molecular weight is 477 g/mol. The third kappa shape index (κ3) is 5.35. The number of carboxylic acids is 1. The van der Waals surface area contributed by atoms with Crippen LogP contribution in [0.2, 0.25) is 0 Å². The molecule has 3 aromatic rings. The van der Waals surface area contributed by atoms with E-state index in [2.05, 4.69) is 4.99 Å². The predicted molar refractivity (Wildman–Crippen MR) is 131 cm³/mol. The molecule has 1 heterocycles. The highest BCUT2D eigenvalue weighted by atomic mass is 32.2. The van der Waals surface area contributed by atoms with Crippen LogP contribution in [0.25, 0.3) is 6.08 Å². The number of carbonyl (C=O) groups excluding carboxylic acids is 1. The maximum atomic E-state index is 13.7. The van der Waals surface area contributed by atoms with Crippen molar-refractivity contribution >= 4 is 40.6 Å². The van der Waals surface area contributed by atoms with Gasteiger partial charge in [0.25, 0.3) is 5.91 Å². The van der Waals surface area contributed by atoms with Crippen LogP contribution in [0.4, 0.5) is 10.1 Å². The number of carboxylic acid groups (broad SMARTS) is 1. The van der Waals surface area contributed by atoms with E-state index in [1.165, 1.54) is 30.0 Å². The number of thioether (sulfide) groups is 1. The lowest BCUT2D eigenvalue weighted by Gasteiger charge is -2.12. The van der Waals surface area contributed by atoms with E-state index >= 15 is 0 Å². The third-order valence-electron chi connectivity index (χ3n) is 5.07. The molecule has 0 atom stereocenters. The van der Waals surface area contributed by atoms with Gasteiger partial charge in [0.2, 0.25) is 0 Å². The first kappa shape index (κ1) is 23.3. The molecule has 172 valence electrons. The van der Waals surface area contributed by atoms with Crippen LogP contribution < -0.4 is 4.74 Å². The normalized spacial score (nSPS) is 15.8. The van der Waals surface area contributed by atoms with Gasteiger partial charge in [-0.25, -0.2) is 14.2 Å². The van der Waals surface area contributed by atoms with Crippen LogP contribution in [0.15, 0.2) is 82.7 Å². The van der Waals surface area contributed by atoms with Crippen molar-refractivity contribution in [2.45, 2.75) is 13.5 Å². The summed E-state index contributed by atoms with van der Waals surface area (Å²) in [6, 6.07) is 19.8. The molecule has 1 amide bonds. The molecule has 0 saturated carbocycles. The number of rotatable bonds is 7. The summed E-state index contributed by atoms with van der Waals surface area (Å²) in [7, 11) is 0. The Balaban J connectivity index is 1.47. The van der Waals surface area contributed by atoms with Crippen LogP contribution in [0, 0.1) is 5.82 Å². The molecule has 0 spiro atoms. The topological polar surface area (TPSA) is 79.2 Å². The highest BCUT2D eigenvalue weighted by molar-refractivity contribution is 8.18. The molecule has 3 aromatic carbocycles. The summed E-state index contributed by atoms with van der Waals surface area (Å²) in [6.07, 6.45) is 1.78. The molecule has 1 saturated heterocycles. The summed E-state index contributed by atoms with van der Waals surface area (Å²) in [5, 5.41) is 9.57. The number of ether oxygens (including phenoxy) is 1. The number of benzene rings is 3. The quantitative estimate of drug-likeness (QED) is 0.441. The Kier molecular flexibility index (Phi) is 7.08. The molecular weight excluding hydrogens is 455 g/mol. The molecule has 6 nitrogen and oxygen atoms in total. The van der Waals surface area contributed by atoms with E-state index in [4.69, 9.17) is 9.84 Å². The molecule has 1 aliphatic heterocycles. The Morgan fingerprint density at radius 3 is 2.44 bits per heavy atom. The van der Waals surface area contributed by atoms with Gasteiger partial charge in [0, 0.05) is 12.1 Å². The maximum absolute atomic E-state index is 13.7. The molecule has 0 unspecified atom stereocenters. The van der Waals surface area contributed by atoms with Crippen molar-refractivity contribution in [1.29, 1.82) is 0 Å². The second-order valence-electron chi connectivity index (χ2n) is 7.36. The minimum Gasteiger partial charge on any atom is -0.489 e. The molecule has 1 aliphatic rings. The van der Waals surface area contributed by atoms with Gasteiger partial charge in [-0.05, 0) is 72.8 Å². The number of aliphatic imine (C=N–C) groups is 1. The number of amides is 1. The zero-order valence-electron chi connectivity index (χ0n) is 18.3. The highest BCUT2D eigenvalue weighted by Crippen LogP contribution is 2.34. The van der Waals surface area contributed by atoms with E-state index in [9.17, 15) is 14.0 Å². The minimum absolute atomic E-state index is 0.125. The zero-order chi connectivity index (χ0) is 24.1. The SMILES string of the molecule is CCN1C(=O)C(=Cc2ccc(OCc3ccccc3F)cc2)SC1=Nc1ccc(C(=O)O)cc1. The van der Waals surface area contributed by atoms with Gasteiger partial charge in [0.1, 0.15) is 18.2 Å². The summed E-state index contributed by atoms with van der Waals surface area (Å²) < 4.78 is 19.4. The van der Waals surface area contributed by atoms with Gasteiger partial charge in [-0.15, -0.1) is 0 Å². The smallest absolute Gasteiger partial charge is 0.335 e. The van der Waals surface area contributed by atoms with Crippen molar-refractivity contribution in [2.24, 2.45) is 4.99 Å². The lowest BCUT2D eigenvalue weighted by Crippen LogP contribution is -2.28. The molecule has 0 aliphatic carbocycles. The van der Waals surface area contributed by atoms with Crippen molar-refractivity contribution in [1.82, 2.24) is 4.90 Å². The van der Waals surface area contributed by atoms with Crippen molar-refractivity contribution in [2.75, 3.05) is 6.54 Å². The fourth-order valence-electron chi connectivity index (χ4n) is 3.25. The number of aromatic carboxylic acids is 1. The van der Waals surface area contributed by atoms with Crippen LogP contribution in [-0.2, 0) is 11.4 Å². The largest absolute Gasteiger partial charge is 0.489 e. The summed E-state index contributed by atoms with van der Waals surface area (Å²) >= 11 is 1.26. The number of nitrogens with zero attached hydrogens (tertiary/aromatic N) is 2. The van der Waals surface area contributed by atoms with Gasteiger partial charge in [-0.2, -0.15) is 0 Å². The molecule has 0 bridgehead atoms. The standard InChI is InChI=1S/C26H21FN2O4S/c1-2-29-24(30)23(34-26(29)28-20-11-9-18(10-12-20)25(31)32)15-17-7-13-21(14-8-17)33-16-19-5-3-4-6-22(19)27/h3-15H,2,16H2,1H3,(H,31,32). The average Bonchev–Trinajstić information content (AvgIpc) is 3.13. The predicted octanol–water partition coefficient (Wildman–Crippen LogP) is 5.73. The molecule has 34 heavy (non-hydrogen) atoms. The van der Waals surface area contributed by atoms with Crippen molar-refractivity contribution < 1.29 is 23.8 Å². The molecule has 1 N–H and O–H groups in total. The monoisotopic (exact) mass is 476 g/mol. The highest BCUT2D eigenvalue weighted by Gasteiger charge is 2.32. The maximum Gasteiger partial charge on any atom is 0.335 e. The Labute approximate surface area is 200 Å². The van der Waals surface area contributed by atoms with Crippen LogP contribution in [0.5, 0.6) is 5.75 Å². The Hall–Kier alpha value is -3.91. The van der Waals surface area contributed by atoms with E-state index in [0.717, 1.165) is 5.56 Å². The lowest BCUT2D eigenvalue weighted by molar-refractivity contribution is -0.122. The fraction of sp³-hybridized carbons (Fsp3) is 0.115. The molecule has 0 aromatic heterocycles. The summed E-state index contributed by atoms with van der Waals surface area (Å²) in [5.41, 5.74) is 2.03. The molecule has 4 rings (SSSR count). The fourth-order valence-corrected chi connectivity index (χ4v) is 4.31. The van der Waals surface area contributed by atoms with Gasteiger partial charge in [0.05, 0.1) is 16.2 Å². The van der Waals surface area contributed by atoms with Gasteiger partial charge < -0.3 is 9.84 Å². The first-order valence-electron chi connectivity index (χ1n) is 10.5. The van der Waals surface area contributed by atoms with Gasteiger partial charge >= 0.3 is 5.97 Å². The number of hydrogen-bond acceptors (Lipinski definition) is 5. The summed E-state index contributed by atoms with van der Waals surface area (Å²) in [5.74, 6) is -0.864. The second-order valence-corrected chi connectivity index (χ2v) is 8.36. The molecule has 1 fully saturated rings. The Morgan fingerprint density at radius 2 is 1.79 bits per heavy atom. The number of likely N-dealkylation sites (N-methyl/N-ethyl adjacent to an activating group) is 1. The van der Waals surface area contributed by atoms with E-state index in [-0.39, 0.29) is 23.9 Å². The number of halogens is 1. The van der Waals surface area contributed by atoms with E-state index in [0.29, 0.717) is 33.6 Å². The molecule has 0 radical (unpaired) electrons. The van der Waals surface area contributed by atoms with Crippen LogP contribution in [0.3, 0.4) is 0 Å². The summed E-state index contributed by atoms with van der Waals surface area (Å²) in [6.45, 7) is 2.45. The van der Waals surface area contributed by atoms with E-state index in [1.54, 1.807) is 53.4 Å². The minimum atomic E-state index is -1.01. The number of hydrogen-bond donors (Lipinski definition) is 1. The van der Waals surface area contributed by atoms with E-state index < -0.39 is 5.97 Å². The zero-order valence-corrected chi connectivity index (χ0v) is 19.1. The summed E-state index contributed by atoms with van der Waals surface area (Å²) in [4.78, 5) is 30.5. The van der Waals surface area contributed by atoms with Gasteiger partial charge in [0.15, 0.2) is 5.17 Å². The van der Waals surface area contributed by atoms with Crippen LogP contribution >= 0.6 is 11.8 Å². The van der Waals surface area contributed by atoms with Crippen LogP contribution in [0.1, 0.15) is 28.4 Å². The number of amidine groups is 1. The first-order chi connectivity index (χ1) is 16.4. The van der Waals surface area contributed by atoms with E-state index in [1.807, 2.05) is 19.1 Å². The van der Waals surface area contributed by atoms with Gasteiger partial charge in [-0.3, -0.25) is 9.69 Å². The van der Waals surface area contributed by atoms with Crippen molar-refractivity contribution in [3.8, 4) is 5.75 Å².